The first-order valence-corrected chi connectivity index (χ1v) is 8.63. The molecule has 2 aromatic rings. The molecule has 24 heavy (non-hydrogen) atoms. The van der Waals surface area contributed by atoms with Gasteiger partial charge in [0.15, 0.2) is 0 Å². The van der Waals surface area contributed by atoms with Crippen molar-refractivity contribution in [3.8, 4) is 0 Å². The standard InChI is InChI=1S/C19H19ClN2O2/c20-16-3-1-2-15(12-16)19(23)22-7-6-14-4-5-17(13-18(14)22)21-8-10-24-11-9-21/h1-5,12-13H,6-11H2. The van der Waals surface area contributed by atoms with Gasteiger partial charge in [0.1, 0.15) is 0 Å². The Morgan fingerprint density at radius 3 is 2.67 bits per heavy atom. The first-order chi connectivity index (χ1) is 11.7. The van der Waals surface area contributed by atoms with Crippen LogP contribution in [0.2, 0.25) is 5.02 Å². The highest BCUT2D eigenvalue weighted by atomic mass is 35.5. The van der Waals surface area contributed by atoms with Gasteiger partial charge in [-0.25, -0.2) is 0 Å². The van der Waals surface area contributed by atoms with Crippen LogP contribution in [0.4, 0.5) is 11.4 Å². The van der Waals surface area contributed by atoms with Crippen LogP contribution >= 0.6 is 11.6 Å². The Labute approximate surface area is 146 Å². The van der Waals surface area contributed by atoms with Gasteiger partial charge in [0, 0.05) is 41.6 Å². The number of ether oxygens (including phenoxy) is 1. The molecule has 0 radical (unpaired) electrons. The third-order valence-electron chi connectivity index (χ3n) is 4.66. The molecule has 0 saturated carbocycles. The van der Waals surface area contributed by atoms with Gasteiger partial charge in [0.25, 0.3) is 5.91 Å². The maximum absolute atomic E-state index is 12.9. The lowest BCUT2D eigenvalue weighted by atomic mass is 10.1. The fraction of sp³-hybridized carbons (Fsp3) is 0.316. The van der Waals surface area contributed by atoms with Crippen molar-refractivity contribution < 1.29 is 9.53 Å². The lowest BCUT2D eigenvalue weighted by molar-refractivity contribution is 0.0989. The monoisotopic (exact) mass is 342 g/mol. The van der Waals surface area contributed by atoms with Gasteiger partial charge in [-0.15, -0.1) is 0 Å². The van der Waals surface area contributed by atoms with Crippen LogP contribution in [0.15, 0.2) is 42.5 Å². The van der Waals surface area contributed by atoms with E-state index < -0.39 is 0 Å². The smallest absolute Gasteiger partial charge is 0.258 e. The molecule has 0 atom stereocenters. The van der Waals surface area contributed by atoms with Crippen molar-refractivity contribution >= 4 is 28.9 Å². The second-order valence-electron chi connectivity index (χ2n) is 6.13. The molecule has 2 heterocycles. The van der Waals surface area contributed by atoms with E-state index in [0.717, 1.165) is 44.1 Å². The maximum Gasteiger partial charge on any atom is 0.258 e. The Morgan fingerprint density at radius 1 is 1.04 bits per heavy atom. The van der Waals surface area contributed by atoms with E-state index in [-0.39, 0.29) is 5.91 Å². The lowest BCUT2D eigenvalue weighted by Gasteiger charge is -2.29. The molecule has 2 aromatic carbocycles. The number of carbonyl (C=O) groups excluding carboxylic acids is 1. The summed E-state index contributed by atoms with van der Waals surface area (Å²) in [6.07, 6.45) is 0.894. The van der Waals surface area contributed by atoms with Crippen molar-refractivity contribution in [1.82, 2.24) is 0 Å². The lowest BCUT2D eigenvalue weighted by Crippen LogP contribution is -2.36. The molecular weight excluding hydrogens is 324 g/mol. The molecule has 0 spiro atoms. The minimum Gasteiger partial charge on any atom is -0.378 e. The number of benzene rings is 2. The first kappa shape index (κ1) is 15.5. The molecule has 4 rings (SSSR count). The number of amides is 1. The average molecular weight is 343 g/mol. The van der Waals surface area contributed by atoms with Crippen molar-refractivity contribution in [1.29, 1.82) is 0 Å². The molecule has 1 saturated heterocycles. The number of carbonyl (C=O) groups is 1. The van der Waals surface area contributed by atoms with E-state index in [0.29, 0.717) is 17.1 Å². The summed E-state index contributed by atoms with van der Waals surface area (Å²) in [5.74, 6) is 0.00961. The number of hydrogen-bond donors (Lipinski definition) is 0. The van der Waals surface area contributed by atoms with Crippen LogP contribution in [0.25, 0.3) is 0 Å². The molecule has 124 valence electrons. The zero-order chi connectivity index (χ0) is 16.5. The Balaban J connectivity index is 1.63. The predicted molar refractivity (Wildman–Crippen MR) is 96.3 cm³/mol. The summed E-state index contributed by atoms with van der Waals surface area (Å²) in [6, 6.07) is 13.6. The van der Waals surface area contributed by atoms with Gasteiger partial charge in [-0.3, -0.25) is 4.79 Å². The maximum atomic E-state index is 12.9. The number of halogens is 1. The van der Waals surface area contributed by atoms with Crippen molar-refractivity contribution in [3.63, 3.8) is 0 Å². The van der Waals surface area contributed by atoms with Gasteiger partial charge in [0.05, 0.1) is 13.2 Å². The largest absolute Gasteiger partial charge is 0.378 e. The quantitative estimate of drug-likeness (QED) is 0.838. The highest BCUT2D eigenvalue weighted by Gasteiger charge is 2.26. The normalized spacial score (nSPS) is 17.0. The van der Waals surface area contributed by atoms with Crippen LogP contribution in [0.5, 0.6) is 0 Å². The zero-order valence-electron chi connectivity index (χ0n) is 13.4. The number of anilines is 2. The molecular formula is C19H19ClN2O2. The van der Waals surface area contributed by atoms with E-state index in [1.165, 1.54) is 5.56 Å². The fourth-order valence-corrected chi connectivity index (χ4v) is 3.56. The van der Waals surface area contributed by atoms with Gasteiger partial charge in [0.2, 0.25) is 0 Å². The van der Waals surface area contributed by atoms with Gasteiger partial charge in [-0.05, 0) is 42.3 Å². The molecule has 2 aliphatic rings. The van der Waals surface area contributed by atoms with E-state index >= 15 is 0 Å². The minimum atomic E-state index is 0.00961. The fourth-order valence-electron chi connectivity index (χ4n) is 3.37. The molecule has 5 heteroatoms. The van der Waals surface area contributed by atoms with Crippen molar-refractivity contribution in [3.05, 3.63) is 58.6 Å². The van der Waals surface area contributed by atoms with E-state index in [9.17, 15) is 4.79 Å². The van der Waals surface area contributed by atoms with Crippen LogP contribution < -0.4 is 9.80 Å². The summed E-state index contributed by atoms with van der Waals surface area (Å²) in [5.41, 5.74) is 4.03. The first-order valence-electron chi connectivity index (χ1n) is 8.25. The molecule has 0 unspecified atom stereocenters. The summed E-state index contributed by atoms with van der Waals surface area (Å²) >= 11 is 6.03. The number of hydrogen-bond acceptors (Lipinski definition) is 3. The summed E-state index contributed by atoms with van der Waals surface area (Å²) in [7, 11) is 0. The van der Waals surface area contributed by atoms with Crippen LogP contribution in [-0.4, -0.2) is 38.8 Å². The highest BCUT2D eigenvalue weighted by Crippen LogP contribution is 2.33. The molecule has 0 aromatic heterocycles. The Bertz CT molecular complexity index is 772. The van der Waals surface area contributed by atoms with E-state index in [1.54, 1.807) is 12.1 Å². The summed E-state index contributed by atoms with van der Waals surface area (Å²) in [6.45, 7) is 4.00. The Morgan fingerprint density at radius 2 is 1.88 bits per heavy atom. The van der Waals surface area contributed by atoms with E-state index in [2.05, 4.69) is 23.1 Å². The summed E-state index contributed by atoms with van der Waals surface area (Å²) < 4.78 is 5.42. The Kier molecular flexibility index (Phi) is 4.17. The van der Waals surface area contributed by atoms with Gasteiger partial charge >= 0.3 is 0 Å². The van der Waals surface area contributed by atoms with Crippen molar-refractivity contribution in [2.75, 3.05) is 42.6 Å². The van der Waals surface area contributed by atoms with Gasteiger partial charge in [-0.2, -0.15) is 0 Å². The van der Waals surface area contributed by atoms with Crippen LogP contribution in [-0.2, 0) is 11.2 Å². The number of morpholine rings is 1. The molecule has 0 N–H and O–H groups in total. The molecule has 0 aliphatic carbocycles. The molecule has 1 amide bonds. The molecule has 1 fully saturated rings. The van der Waals surface area contributed by atoms with Crippen LogP contribution in [0.3, 0.4) is 0 Å². The number of nitrogens with zero attached hydrogens (tertiary/aromatic N) is 2. The van der Waals surface area contributed by atoms with Crippen molar-refractivity contribution in [2.45, 2.75) is 6.42 Å². The number of fused-ring (bicyclic) bond motifs is 1. The molecule has 4 nitrogen and oxygen atoms in total. The highest BCUT2D eigenvalue weighted by molar-refractivity contribution is 6.31. The summed E-state index contributed by atoms with van der Waals surface area (Å²) in [5, 5.41) is 0.585. The van der Waals surface area contributed by atoms with Crippen LogP contribution in [0.1, 0.15) is 15.9 Å². The topological polar surface area (TPSA) is 32.8 Å². The minimum absolute atomic E-state index is 0.00961. The third kappa shape index (κ3) is 2.87. The van der Waals surface area contributed by atoms with Gasteiger partial charge < -0.3 is 14.5 Å². The molecule has 2 aliphatic heterocycles. The van der Waals surface area contributed by atoms with E-state index in [4.69, 9.17) is 16.3 Å². The molecule has 0 bridgehead atoms. The average Bonchev–Trinajstić information content (AvgIpc) is 3.05. The SMILES string of the molecule is O=C(c1cccc(Cl)c1)N1CCc2ccc(N3CCOCC3)cc21. The number of rotatable bonds is 2. The van der Waals surface area contributed by atoms with E-state index in [1.807, 2.05) is 17.0 Å². The van der Waals surface area contributed by atoms with Gasteiger partial charge in [-0.1, -0.05) is 23.7 Å². The predicted octanol–water partition coefficient (Wildman–Crippen LogP) is 3.38. The third-order valence-corrected chi connectivity index (χ3v) is 4.89. The second-order valence-corrected chi connectivity index (χ2v) is 6.57. The Hall–Kier alpha value is -2.04. The zero-order valence-corrected chi connectivity index (χ0v) is 14.1. The van der Waals surface area contributed by atoms with Crippen molar-refractivity contribution in [2.24, 2.45) is 0 Å². The second kappa shape index (κ2) is 6.46. The summed E-state index contributed by atoms with van der Waals surface area (Å²) in [4.78, 5) is 17.1. The van der Waals surface area contributed by atoms with Crippen LogP contribution in [0, 0.1) is 0 Å².